The Morgan fingerprint density at radius 1 is 1.44 bits per heavy atom. The molecule has 0 bridgehead atoms. The van der Waals surface area contributed by atoms with Crippen LogP contribution in [0.25, 0.3) is 0 Å². The lowest BCUT2D eigenvalue weighted by Gasteiger charge is -2.07. The molecule has 0 saturated carbocycles. The fraction of sp³-hybridized carbons (Fsp3) is 0.0909. The van der Waals surface area contributed by atoms with Gasteiger partial charge in [-0.3, -0.25) is 9.78 Å². The van der Waals surface area contributed by atoms with Crippen LogP contribution >= 0.6 is 11.6 Å². The summed E-state index contributed by atoms with van der Waals surface area (Å²) >= 11 is 5.70. The zero-order valence-corrected chi connectivity index (χ0v) is 10.2. The quantitative estimate of drug-likeness (QED) is 0.855. The second kappa shape index (κ2) is 5.42. The monoisotopic (exact) mass is 264 g/mol. The number of nitrogens with one attached hydrogen (secondary N) is 1. The number of carbonyl (C=O) groups is 1. The van der Waals surface area contributed by atoms with Crippen molar-refractivity contribution in [2.45, 2.75) is 0 Å². The van der Waals surface area contributed by atoms with Gasteiger partial charge < -0.3 is 10.1 Å². The minimum Gasteiger partial charge on any atom is -0.494 e. The van der Waals surface area contributed by atoms with Gasteiger partial charge in [-0.15, -0.1) is 0 Å². The lowest BCUT2D eigenvalue weighted by Crippen LogP contribution is -2.14. The normalized spacial score (nSPS) is 9.89. The van der Waals surface area contributed by atoms with Crippen LogP contribution in [0.1, 0.15) is 10.4 Å². The first kappa shape index (κ1) is 12.3. The molecule has 0 spiro atoms. The van der Waals surface area contributed by atoms with E-state index in [0.29, 0.717) is 17.1 Å². The minimum absolute atomic E-state index is 0.252. The van der Waals surface area contributed by atoms with Gasteiger partial charge in [0.1, 0.15) is 23.0 Å². The van der Waals surface area contributed by atoms with Crippen LogP contribution in [0.4, 0.5) is 5.82 Å². The van der Waals surface area contributed by atoms with E-state index in [-0.39, 0.29) is 11.1 Å². The molecule has 1 amide bonds. The summed E-state index contributed by atoms with van der Waals surface area (Å²) in [5.74, 6) is 0.345. The number of aromatic nitrogens is 3. The van der Waals surface area contributed by atoms with Crippen LogP contribution in [0.15, 0.2) is 30.9 Å². The van der Waals surface area contributed by atoms with Gasteiger partial charge in [0.05, 0.1) is 18.9 Å². The van der Waals surface area contributed by atoms with Crippen molar-refractivity contribution in [2.24, 2.45) is 0 Å². The van der Waals surface area contributed by atoms with E-state index in [1.54, 1.807) is 6.07 Å². The molecule has 0 radical (unpaired) electrons. The van der Waals surface area contributed by atoms with Gasteiger partial charge in [-0.25, -0.2) is 9.97 Å². The van der Waals surface area contributed by atoms with Crippen LogP contribution in [0.3, 0.4) is 0 Å². The highest BCUT2D eigenvalue weighted by Gasteiger charge is 2.12. The Morgan fingerprint density at radius 3 is 3.00 bits per heavy atom. The highest BCUT2D eigenvalue weighted by atomic mass is 35.5. The Bertz CT molecular complexity index is 576. The van der Waals surface area contributed by atoms with Gasteiger partial charge in [0.2, 0.25) is 0 Å². The Labute approximate surface area is 108 Å². The maximum Gasteiger partial charge on any atom is 0.260 e. The fourth-order valence-electron chi connectivity index (χ4n) is 1.32. The third kappa shape index (κ3) is 2.72. The van der Waals surface area contributed by atoms with Crippen LogP contribution in [0.2, 0.25) is 5.15 Å². The van der Waals surface area contributed by atoms with Crippen molar-refractivity contribution in [3.05, 3.63) is 41.6 Å². The number of hydrogen-bond acceptors (Lipinski definition) is 5. The summed E-state index contributed by atoms with van der Waals surface area (Å²) in [5.41, 5.74) is 0.363. The standard InChI is InChI=1S/C11H9ClN4O2/c1-18-8-5-13-3-2-7(8)11(17)16-10-4-9(12)14-6-15-10/h2-6H,1H3,(H,14,15,16,17). The van der Waals surface area contributed by atoms with Crippen molar-refractivity contribution >= 4 is 23.3 Å². The lowest BCUT2D eigenvalue weighted by atomic mass is 10.2. The number of ether oxygens (including phenoxy) is 1. The predicted molar refractivity (Wildman–Crippen MR) is 65.8 cm³/mol. The third-order valence-corrected chi connectivity index (χ3v) is 2.33. The first-order chi connectivity index (χ1) is 8.70. The molecule has 0 aliphatic carbocycles. The number of carbonyl (C=O) groups excluding carboxylic acids is 1. The topological polar surface area (TPSA) is 77.0 Å². The number of hydrogen-bond donors (Lipinski definition) is 1. The van der Waals surface area contributed by atoms with E-state index in [1.807, 2.05) is 0 Å². The molecule has 92 valence electrons. The van der Waals surface area contributed by atoms with E-state index >= 15 is 0 Å². The van der Waals surface area contributed by atoms with Crippen LogP contribution in [-0.2, 0) is 0 Å². The maximum absolute atomic E-state index is 12.0. The predicted octanol–water partition coefficient (Wildman–Crippen LogP) is 1.79. The molecule has 2 aromatic heterocycles. The molecule has 2 aromatic rings. The molecule has 2 heterocycles. The Morgan fingerprint density at radius 2 is 2.28 bits per heavy atom. The molecule has 0 atom stereocenters. The Kier molecular flexibility index (Phi) is 3.69. The lowest BCUT2D eigenvalue weighted by molar-refractivity contribution is 0.102. The van der Waals surface area contributed by atoms with Crippen molar-refractivity contribution in [1.82, 2.24) is 15.0 Å². The molecule has 0 unspecified atom stereocenters. The van der Waals surface area contributed by atoms with Gasteiger partial charge in [0.15, 0.2) is 0 Å². The summed E-state index contributed by atoms with van der Waals surface area (Å²) in [4.78, 5) is 23.4. The number of methoxy groups -OCH3 is 1. The van der Waals surface area contributed by atoms with Crippen LogP contribution in [0, 0.1) is 0 Å². The van der Waals surface area contributed by atoms with Crippen molar-refractivity contribution in [3.63, 3.8) is 0 Å². The van der Waals surface area contributed by atoms with Crippen LogP contribution < -0.4 is 10.1 Å². The molecule has 0 fully saturated rings. The summed E-state index contributed by atoms with van der Waals surface area (Å²) in [6.45, 7) is 0. The first-order valence-corrected chi connectivity index (χ1v) is 5.35. The van der Waals surface area contributed by atoms with Gasteiger partial charge in [-0.05, 0) is 6.07 Å². The number of halogens is 1. The number of amides is 1. The fourth-order valence-corrected chi connectivity index (χ4v) is 1.46. The van der Waals surface area contributed by atoms with Gasteiger partial charge in [0, 0.05) is 12.3 Å². The molecular weight excluding hydrogens is 256 g/mol. The summed E-state index contributed by atoms with van der Waals surface area (Å²) in [6.07, 6.45) is 4.23. The third-order valence-electron chi connectivity index (χ3n) is 2.12. The minimum atomic E-state index is -0.357. The summed E-state index contributed by atoms with van der Waals surface area (Å²) < 4.78 is 5.05. The summed E-state index contributed by atoms with van der Waals surface area (Å²) in [6, 6.07) is 3.00. The Balaban J connectivity index is 2.22. The number of rotatable bonds is 3. The highest BCUT2D eigenvalue weighted by molar-refractivity contribution is 6.29. The van der Waals surface area contributed by atoms with Crippen molar-refractivity contribution in [2.75, 3.05) is 12.4 Å². The summed E-state index contributed by atoms with van der Waals surface area (Å²) in [7, 11) is 1.47. The van der Waals surface area contributed by atoms with E-state index in [0.717, 1.165) is 0 Å². The van der Waals surface area contributed by atoms with Crippen molar-refractivity contribution < 1.29 is 9.53 Å². The van der Waals surface area contributed by atoms with Gasteiger partial charge in [-0.2, -0.15) is 0 Å². The number of nitrogens with zero attached hydrogens (tertiary/aromatic N) is 3. The van der Waals surface area contributed by atoms with Gasteiger partial charge in [0.25, 0.3) is 5.91 Å². The maximum atomic E-state index is 12.0. The van der Waals surface area contributed by atoms with Crippen molar-refractivity contribution in [1.29, 1.82) is 0 Å². The molecule has 1 N–H and O–H groups in total. The number of pyridine rings is 1. The number of anilines is 1. The second-order valence-electron chi connectivity index (χ2n) is 3.26. The molecule has 0 saturated heterocycles. The molecular formula is C11H9ClN4O2. The molecule has 0 aliphatic heterocycles. The van der Waals surface area contributed by atoms with E-state index in [9.17, 15) is 4.79 Å². The molecule has 7 heteroatoms. The zero-order chi connectivity index (χ0) is 13.0. The SMILES string of the molecule is COc1cnccc1C(=O)Nc1cc(Cl)ncn1. The van der Waals surface area contributed by atoms with Gasteiger partial charge >= 0.3 is 0 Å². The van der Waals surface area contributed by atoms with Gasteiger partial charge in [-0.1, -0.05) is 11.6 Å². The van der Waals surface area contributed by atoms with Crippen LogP contribution in [-0.4, -0.2) is 28.0 Å². The van der Waals surface area contributed by atoms with E-state index in [4.69, 9.17) is 16.3 Å². The van der Waals surface area contributed by atoms with E-state index in [2.05, 4.69) is 20.3 Å². The molecule has 18 heavy (non-hydrogen) atoms. The largest absolute Gasteiger partial charge is 0.494 e. The second-order valence-corrected chi connectivity index (χ2v) is 3.64. The first-order valence-electron chi connectivity index (χ1n) is 4.97. The van der Waals surface area contributed by atoms with Crippen LogP contribution in [0.5, 0.6) is 5.75 Å². The smallest absolute Gasteiger partial charge is 0.260 e. The average molecular weight is 265 g/mol. The molecule has 0 aliphatic rings. The van der Waals surface area contributed by atoms with E-state index in [1.165, 1.54) is 31.9 Å². The van der Waals surface area contributed by atoms with Crippen molar-refractivity contribution in [3.8, 4) is 5.75 Å². The Hall–Kier alpha value is -2.21. The zero-order valence-electron chi connectivity index (χ0n) is 9.42. The molecule has 0 aromatic carbocycles. The highest BCUT2D eigenvalue weighted by Crippen LogP contribution is 2.17. The molecule has 6 nitrogen and oxygen atoms in total. The average Bonchev–Trinajstić information content (AvgIpc) is 2.38. The van der Waals surface area contributed by atoms with E-state index < -0.39 is 0 Å². The molecule has 2 rings (SSSR count). The summed E-state index contributed by atoms with van der Waals surface area (Å²) in [5, 5.41) is 2.84.